The number of sulfonamides is 1. The van der Waals surface area contributed by atoms with Crippen LogP contribution in [0.3, 0.4) is 0 Å². The molecule has 0 aliphatic heterocycles. The normalized spacial score (nSPS) is 23.3. The Morgan fingerprint density at radius 2 is 1.86 bits per heavy atom. The van der Waals surface area contributed by atoms with Gasteiger partial charge in [0.25, 0.3) is 0 Å². The fraction of sp³-hybridized carbons (Fsp3) is 0.667. The second-order valence-electron chi connectivity index (χ2n) is 8.06. The minimum Gasteiger partial charge on any atom is -0.493 e. The Hall–Kier alpha value is -2.04. The molecule has 2 heterocycles. The number of rotatable bonds is 6. The molecule has 29 heavy (non-hydrogen) atoms. The van der Waals surface area contributed by atoms with Gasteiger partial charge >= 0.3 is 6.18 Å². The topological polar surface area (TPSA) is 85.6 Å². The molecule has 0 unspecified atom stereocenters. The SMILES string of the molecule is CS(=O)(=O)Nc1nnc2cc(OCC3CCC(C(F)(F)F)CC3)c(C3CC3)cn12. The summed E-state index contributed by atoms with van der Waals surface area (Å²) in [6.45, 7) is 0.364. The first-order valence-electron chi connectivity index (χ1n) is 9.66. The van der Waals surface area contributed by atoms with E-state index >= 15 is 0 Å². The zero-order valence-electron chi connectivity index (χ0n) is 15.9. The Labute approximate surface area is 166 Å². The lowest BCUT2D eigenvalue weighted by atomic mass is 9.82. The standard InChI is InChI=1S/C18H23F3N4O3S/c1-29(26,27)24-17-23-22-16-8-15(14(9-25(16)17)12-4-5-12)28-10-11-2-6-13(7-3-11)18(19,20)21/h8-9,11-13H,2-7,10H2,1H3,(H,23,24). The Kier molecular flexibility index (Phi) is 5.12. The Balaban J connectivity index is 1.48. The van der Waals surface area contributed by atoms with E-state index in [4.69, 9.17) is 4.74 Å². The highest BCUT2D eigenvalue weighted by molar-refractivity contribution is 7.91. The van der Waals surface area contributed by atoms with Gasteiger partial charge in [-0.15, -0.1) is 10.2 Å². The zero-order valence-corrected chi connectivity index (χ0v) is 16.8. The minimum atomic E-state index is -4.11. The number of nitrogens with one attached hydrogen (secondary N) is 1. The second-order valence-corrected chi connectivity index (χ2v) is 9.81. The molecule has 0 aromatic carbocycles. The van der Waals surface area contributed by atoms with E-state index in [1.54, 1.807) is 16.7 Å². The summed E-state index contributed by atoms with van der Waals surface area (Å²) in [6, 6.07) is 1.72. The predicted octanol–water partition coefficient (Wildman–Crippen LogP) is 3.73. The van der Waals surface area contributed by atoms with Gasteiger partial charge in [-0.25, -0.2) is 8.42 Å². The molecule has 160 valence electrons. The lowest BCUT2D eigenvalue weighted by molar-refractivity contribution is -0.184. The van der Waals surface area contributed by atoms with Crippen LogP contribution in [0.4, 0.5) is 19.1 Å². The molecule has 0 bridgehead atoms. The highest BCUT2D eigenvalue weighted by Crippen LogP contribution is 2.45. The molecule has 0 radical (unpaired) electrons. The number of aromatic nitrogens is 3. The van der Waals surface area contributed by atoms with Gasteiger partial charge in [0.2, 0.25) is 16.0 Å². The summed E-state index contributed by atoms with van der Waals surface area (Å²) in [5, 5.41) is 7.88. The Morgan fingerprint density at radius 1 is 1.17 bits per heavy atom. The van der Waals surface area contributed by atoms with Crippen LogP contribution in [0.1, 0.15) is 50.0 Å². The molecule has 1 N–H and O–H groups in total. The molecule has 2 aromatic heterocycles. The third-order valence-corrected chi connectivity index (χ3v) is 6.17. The second kappa shape index (κ2) is 7.33. The van der Waals surface area contributed by atoms with Crippen molar-refractivity contribution in [3.8, 4) is 5.75 Å². The van der Waals surface area contributed by atoms with Crippen LogP contribution in [0.2, 0.25) is 0 Å². The number of fused-ring (bicyclic) bond motifs is 1. The molecule has 2 aliphatic rings. The van der Waals surface area contributed by atoms with Crippen molar-refractivity contribution < 1.29 is 26.3 Å². The van der Waals surface area contributed by atoms with E-state index in [-0.39, 0.29) is 24.7 Å². The van der Waals surface area contributed by atoms with Gasteiger partial charge in [-0.2, -0.15) is 13.2 Å². The van der Waals surface area contributed by atoms with Crippen molar-refractivity contribution >= 4 is 21.6 Å². The first-order valence-corrected chi connectivity index (χ1v) is 11.6. The first-order chi connectivity index (χ1) is 13.6. The largest absolute Gasteiger partial charge is 0.493 e. The van der Waals surface area contributed by atoms with Crippen molar-refractivity contribution in [3.63, 3.8) is 0 Å². The summed E-state index contributed by atoms with van der Waals surface area (Å²) >= 11 is 0. The zero-order chi connectivity index (χ0) is 20.8. The molecule has 4 rings (SSSR count). The van der Waals surface area contributed by atoms with Crippen molar-refractivity contribution in [2.75, 3.05) is 17.6 Å². The van der Waals surface area contributed by atoms with Crippen LogP contribution in [-0.4, -0.2) is 42.1 Å². The van der Waals surface area contributed by atoms with Gasteiger partial charge in [-0.1, -0.05) is 0 Å². The van der Waals surface area contributed by atoms with Crippen LogP contribution in [-0.2, 0) is 10.0 Å². The number of hydrogen-bond acceptors (Lipinski definition) is 5. The summed E-state index contributed by atoms with van der Waals surface area (Å²) < 4.78 is 71.5. The average molecular weight is 432 g/mol. The fourth-order valence-corrected chi connectivity index (χ4v) is 4.33. The third-order valence-electron chi connectivity index (χ3n) is 5.61. The van der Waals surface area contributed by atoms with Crippen molar-refractivity contribution in [3.05, 3.63) is 17.8 Å². The van der Waals surface area contributed by atoms with Crippen LogP contribution in [0.15, 0.2) is 12.3 Å². The van der Waals surface area contributed by atoms with Gasteiger partial charge in [-0.05, 0) is 50.4 Å². The van der Waals surface area contributed by atoms with Crippen LogP contribution in [0.25, 0.3) is 5.65 Å². The smallest absolute Gasteiger partial charge is 0.391 e. The van der Waals surface area contributed by atoms with E-state index in [1.165, 1.54) is 0 Å². The van der Waals surface area contributed by atoms with Gasteiger partial charge in [0, 0.05) is 17.8 Å². The number of pyridine rings is 1. The summed E-state index contributed by atoms with van der Waals surface area (Å²) in [5.41, 5.74) is 1.38. The summed E-state index contributed by atoms with van der Waals surface area (Å²) in [7, 11) is -3.49. The molecule has 0 saturated heterocycles. The number of anilines is 1. The number of halogens is 3. The van der Waals surface area contributed by atoms with Crippen molar-refractivity contribution in [2.45, 2.75) is 50.6 Å². The maximum Gasteiger partial charge on any atom is 0.391 e. The molecule has 0 spiro atoms. The van der Waals surface area contributed by atoms with Gasteiger partial charge < -0.3 is 4.74 Å². The first kappa shape index (κ1) is 20.2. The summed E-state index contributed by atoms with van der Waals surface area (Å²) in [4.78, 5) is 0. The molecule has 2 aromatic rings. The molecular weight excluding hydrogens is 409 g/mol. The minimum absolute atomic E-state index is 0.0946. The highest BCUT2D eigenvalue weighted by atomic mass is 32.2. The van der Waals surface area contributed by atoms with E-state index < -0.39 is 22.1 Å². The van der Waals surface area contributed by atoms with Gasteiger partial charge in [0.1, 0.15) is 5.75 Å². The lowest BCUT2D eigenvalue weighted by Gasteiger charge is -2.29. The van der Waals surface area contributed by atoms with Crippen LogP contribution >= 0.6 is 0 Å². The lowest BCUT2D eigenvalue weighted by Crippen LogP contribution is -2.29. The number of hydrogen-bond donors (Lipinski definition) is 1. The molecule has 2 aliphatic carbocycles. The summed E-state index contributed by atoms with van der Waals surface area (Å²) in [6.07, 6.45) is 2.04. The van der Waals surface area contributed by atoms with E-state index in [1.807, 2.05) is 0 Å². The van der Waals surface area contributed by atoms with Crippen LogP contribution in [0.5, 0.6) is 5.75 Å². The monoisotopic (exact) mass is 432 g/mol. The van der Waals surface area contributed by atoms with Gasteiger partial charge in [0.15, 0.2) is 5.65 Å². The maximum atomic E-state index is 12.8. The Bertz CT molecular complexity index is 994. The van der Waals surface area contributed by atoms with E-state index in [0.29, 0.717) is 36.8 Å². The molecule has 2 saturated carbocycles. The van der Waals surface area contributed by atoms with Gasteiger partial charge in [-0.3, -0.25) is 9.12 Å². The van der Waals surface area contributed by atoms with Crippen LogP contribution in [0, 0.1) is 11.8 Å². The number of nitrogens with zero attached hydrogens (tertiary/aromatic N) is 3. The third kappa shape index (κ3) is 4.76. The fourth-order valence-electron chi connectivity index (χ4n) is 3.86. The average Bonchev–Trinajstić information content (AvgIpc) is 3.41. The predicted molar refractivity (Wildman–Crippen MR) is 100 cm³/mol. The molecule has 0 atom stereocenters. The molecule has 2 fully saturated rings. The molecule has 11 heteroatoms. The maximum absolute atomic E-state index is 12.8. The number of alkyl halides is 3. The summed E-state index contributed by atoms with van der Waals surface area (Å²) in [5.74, 6) is -0.0207. The quantitative estimate of drug-likeness (QED) is 0.752. The highest BCUT2D eigenvalue weighted by Gasteiger charge is 2.41. The van der Waals surface area contributed by atoms with Crippen LogP contribution < -0.4 is 9.46 Å². The van der Waals surface area contributed by atoms with E-state index in [9.17, 15) is 21.6 Å². The van der Waals surface area contributed by atoms with Gasteiger partial charge in [0.05, 0.1) is 18.8 Å². The van der Waals surface area contributed by atoms with Crippen molar-refractivity contribution in [1.29, 1.82) is 0 Å². The molecule has 7 nitrogen and oxygen atoms in total. The Morgan fingerprint density at radius 3 is 2.45 bits per heavy atom. The van der Waals surface area contributed by atoms with Crippen molar-refractivity contribution in [2.24, 2.45) is 11.8 Å². The van der Waals surface area contributed by atoms with E-state index in [0.717, 1.165) is 24.7 Å². The molecule has 0 amide bonds. The molecular formula is C18H23F3N4O3S. The number of ether oxygens (including phenoxy) is 1. The van der Waals surface area contributed by atoms with E-state index in [2.05, 4.69) is 14.9 Å². The van der Waals surface area contributed by atoms with Crippen molar-refractivity contribution in [1.82, 2.24) is 14.6 Å².